The predicted octanol–water partition coefficient (Wildman–Crippen LogP) is 4.35. The van der Waals surface area contributed by atoms with Gasteiger partial charge in [-0.1, -0.05) is 30.9 Å². The third-order valence-corrected chi connectivity index (χ3v) is 4.23. The highest BCUT2D eigenvalue weighted by molar-refractivity contribution is 6.30. The Morgan fingerprint density at radius 3 is 2.24 bits per heavy atom. The second kappa shape index (κ2) is 5.40. The Morgan fingerprint density at radius 1 is 1.19 bits per heavy atom. The van der Waals surface area contributed by atoms with Gasteiger partial charge in [0, 0.05) is 10.6 Å². The Kier molecular flexibility index (Phi) is 4.10. The van der Waals surface area contributed by atoms with Gasteiger partial charge in [-0.2, -0.15) is 13.2 Å². The molecule has 0 amide bonds. The highest BCUT2D eigenvalue weighted by atomic mass is 35.5. The van der Waals surface area contributed by atoms with E-state index in [1.54, 1.807) is 0 Å². The van der Waals surface area contributed by atoms with Crippen LogP contribution in [0.3, 0.4) is 0 Å². The lowest BCUT2D eigenvalue weighted by molar-refractivity contribution is -0.146. The van der Waals surface area contributed by atoms with Crippen molar-refractivity contribution in [2.24, 2.45) is 0 Å². The molecule has 3 nitrogen and oxygen atoms in total. The van der Waals surface area contributed by atoms with E-state index in [4.69, 9.17) is 11.6 Å². The molecule has 0 aromatic heterocycles. The number of alkyl halides is 3. The van der Waals surface area contributed by atoms with Crippen molar-refractivity contribution in [2.75, 3.05) is 0 Å². The van der Waals surface area contributed by atoms with Crippen LogP contribution in [0.5, 0.6) is 5.75 Å². The smallest absolute Gasteiger partial charge is 0.420 e. The summed E-state index contributed by atoms with van der Waals surface area (Å²) in [7, 11) is 0. The molecule has 1 aliphatic carbocycles. The molecule has 1 aromatic carbocycles. The van der Waals surface area contributed by atoms with Crippen LogP contribution < -0.4 is 0 Å². The molecule has 1 fully saturated rings. The Bertz CT molecular complexity index is 563. The van der Waals surface area contributed by atoms with Gasteiger partial charge in [-0.05, 0) is 25.0 Å². The lowest BCUT2D eigenvalue weighted by Gasteiger charge is -2.34. The number of carboxylic acids is 1. The lowest BCUT2D eigenvalue weighted by Crippen LogP contribution is -2.38. The first-order valence-electron chi connectivity index (χ1n) is 6.52. The average Bonchev–Trinajstić information content (AvgIpc) is 2.40. The van der Waals surface area contributed by atoms with E-state index in [1.807, 2.05) is 0 Å². The molecule has 0 saturated heterocycles. The molecule has 0 bridgehead atoms. The minimum absolute atomic E-state index is 0.188. The standard InChI is InChI=1S/C14H14ClF3O3/c15-8-6-9(11(19)10(7-8)14(16,17)18)13(12(20)21)4-2-1-3-5-13/h6-7,19H,1-5H2,(H,20,21). The molecule has 2 N–H and O–H groups in total. The van der Waals surface area contributed by atoms with E-state index in [0.717, 1.165) is 12.5 Å². The van der Waals surface area contributed by atoms with Gasteiger partial charge in [-0.3, -0.25) is 4.79 Å². The van der Waals surface area contributed by atoms with E-state index in [2.05, 4.69) is 0 Å². The summed E-state index contributed by atoms with van der Waals surface area (Å²) in [6, 6.07) is 1.74. The maximum atomic E-state index is 12.9. The number of halogens is 4. The van der Waals surface area contributed by atoms with Crippen LogP contribution in [0, 0.1) is 0 Å². The van der Waals surface area contributed by atoms with Crippen LogP contribution in [0.2, 0.25) is 5.02 Å². The molecule has 0 heterocycles. The SMILES string of the molecule is O=C(O)C1(c2cc(Cl)cc(C(F)(F)F)c2O)CCCCC1. The number of hydrogen-bond donors (Lipinski definition) is 2. The monoisotopic (exact) mass is 322 g/mol. The summed E-state index contributed by atoms with van der Waals surface area (Å²) in [6.07, 6.45) is -2.43. The van der Waals surface area contributed by atoms with Crippen molar-refractivity contribution in [2.45, 2.75) is 43.7 Å². The zero-order chi connectivity index (χ0) is 15.8. The van der Waals surface area contributed by atoms with Gasteiger partial charge in [0.25, 0.3) is 0 Å². The third kappa shape index (κ3) is 2.81. The fourth-order valence-corrected chi connectivity index (χ4v) is 3.15. The number of benzene rings is 1. The highest BCUT2D eigenvalue weighted by Crippen LogP contribution is 2.48. The van der Waals surface area contributed by atoms with E-state index < -0.39 is 28.9 Å². The molecule has 0 spiro atoms. The molecule has 21 heavy (non-hydrogen) atoms. The number of phenols is 1. The molecule has 0 radical (unpaired) electrons. The second-order valence-corrected chi connectivity index (χ2v) is 5.73. The normalized spacial score (nSPS) is 18.5. The summed E-state index contributed by atoms with van der Waals surface area (Å²) in [5, 5.41) is 19.3. The number of rotatable bonds is 2. The summed E-state index contributed by atoms with van der Waals surface area (Å²) >= 11 is 5.71. The molecule has 0 aliphatic heterocycles. The fourth-order valence-electron chi connectivity index (χ4n) is 2.93. The van der Waals surface area contributed by atoms with Crippen molar-refractivity contribution in [3.05, 3.63) is 28.3 Å². The molecular weight excluding hydrogens is 309 g/mol. The van der Waals surface area contributed by atoms with Gasteiger partial charge in [-0.15, -0.1) is 0 Å². The van der Waals surface area contributed by atoms with Gasteiger partial charge in [0.1, 0.15) is 5.75 Å². The minimum Gasteiger partial charge on any atom is -0.507 e. The Balaban J connectivity index is 2.67. The van der Waals surface area contributed by atoms with Gasteiger partial charge < -0.3 is 10.2 Å². The van der Waals surface area contributed by atoms with Gasteiger partial charge in [-0.25, -0.2) is 0 Å². The molecule has 116 valence electrons. The molecule has 1 aromatic rings. The summed E-state index contributed by atoms with van der Waals surface area (Å²) in [4.78, 5) is 11.7. The van der Waals surface area contributed by atoms with Crippen LogP contribution in [0.25, 0.3) is 0 Å². The Labute approximate surface area is 124 Å². The quantitative estimate of drug-likeness (QED) is 0.851. The predicted molar refractivity (Wildman–Crippen MR) is 70.5 cm³/mol. The number of aliphatic carboxylic acids is 1. The van der Waals surface area contributed by atoms with Crippen molar-refractivity contribution in [1.82, 2.24) is 0 Å². The van der Waals surface area contributed by atoms with Crippen molar-refractivity contribution in [3.8, 4) is 5.75 Å². The highest BCUT2D eigenvalue weighted by Gasteiger charge is 2.46. The zero-order valence-electron chi connectivity index (χ0n) is 11.0. The summed E-state index contributed by atoms with van der Waals surface area (Å²) in [5.74, 6) is -2.26. The van der Waals surface area contributed by atoms with Crippen LogP contribution in [-0.4, -0.2) is 16.2 Å². The first kappa shape index (κ1) is 15.9. The largest absolute Gasteiger partial charge is 0.507 e. The summed E-state index contributed by atoms with van der Waals surface area (Å²) in [5.41, 5.74) is -3.04. The van der Waals surface area contributed by atoms with Gasteiger partial charge in [0.2, 0.25) is 0 Å². The molecule has 1 saturated carbocycles. The minimum atomic E-state index is -4.79. The average molecular weight is 323 g/mol. The first-order chi connectivity index (χ1) is 9.68. The summed E-state index contributed by atoms with van der Waals surface area (Å²) < 4.78 is 38.8. The van der Waals surface area contributed by atoms with E-state index in [9.17, 15) is 28.2 Å². The topological polar surface area (TPSA) is 57.5 Å². The van der Waals surface area contributed by atoms with Crippen LogP contribution in [0.1, 0.15) is 43.2 Å². The second-order valence-electron chi connectivity index (χ2n) is 5.30. The zero-order valence-corrected chi connectivity index (χ0v) is 11.8. The van der Waals surface area contributed by atoms with E-state index in [0.29, 0.717) is 18.9 Å². The van der Waals surface area contributed by atoms with E-state index >= 15 is 0 Å². The number of carbonyl (C=O) groups is 1. The maximum absolute atomic E-state index is 12.9. The van der Waals surface area contributed by atoms with Crippen molar-refractivity contribution in [3.63, 3.8) is 0 Å². The molecule has 0 atom stereocenters. The summed E-state index contributed by atoms with van der Waals surface area (Å²) in [6.45, 7) is 0. The van der Waals surface area contributed by atoms with Crippen molar-refractivity contribution < 1.29 is 28.2 Å². The number of carboxylic acid groups (broad SMARTS) is 1. The van der Waals surface area contributed by atoms with Crippen LogP contribution in [0.4, 0.5) is 13.2 Å². The van der Waals surface area contributed by atoms with Crippen LogP contribution in [0.15, 0.2) is 12.1 Å². The van der Waals surface area contributed by atoms with E-state index in [-0.39, 0.29) is 23.4 Å². The molecular formula is C14H14ClF3O3. The van der Waals surface area contributed by atoms with Crippen molar-refractivity contribution >= 4 is 17.6 Å². The molecule has 2 rings (SSSR count). The number of hydrogen-bond acceptors (Lipinski definition) is 2. The maximum Gasteiger partial charge on any atom is 0.420 e. The van der Waals surface area contributed by atoms with Crippen molar-refractivity contribution in [1.29, 1.82) is 0 Å². The number of phenolic OH excluding ortho intramolecular Hbond substituents is 1. The Hall–Kier alpha value is -1.43. The Morgan fingerprint density at radius 2 is 1.76 bits per heavy atom. The number of aromatic hydroxyl groups is 1. The molecule has 7 heteroatoms. The van der Waals surface area contributed by atoms with Crippen LogP contribution >= 0.6 is 11.6 Å². The van der Waals surface area contributed by atoms with Crippen LogP contribution in [-0.2, 0) is 16.4 Å². The molecule has 0 unspecified atom stereocenters. The van der Waals surface area contributed by atoms with Gasteiger partial charge >= 0.3 is 12.1 Å². The first-order valence-corrected chi connectivity index (χ1v) is 6.90. The van der Waals surface area contributed by atoms with E-state index in [1.165, 1.54) is 0 Å². The lowest BCUT2D eigenvalue weighted by atomic mass is 9.69. The fraction of sp³-hybridized carbons (Fsp3) is 0.500. The third-order valence-electron chi connectivity index (χ3n) is 4.01. The molecule has 1 aliphatic rings. The van der Waals surface area contributed by atoms with Gasteiger partial charge in [0.05, 0.1) is 11.0 Å². The van der Waals surface area contributed by atoms with Gasteiger partial charge in [0.15, 0.2) is 0 Å².